The minimum absolute atomic E-state index is 0.0698. The van der Waals surface area contributed by atoms with E-state index in [-0.39, 0.29) is 39.4 Å². The number of Topliss-reactive ketones (excluding diaryl/α,β-unsaturated/α-hetero) is 1. The number of rotatable bonds is 7. The third-order valence-electron chi connectivity index (χ3n) is 5.17. The molecule has 0 bridgehead atoms. The number of amides is 2. The number of carboxylic acid groups (broad SMARTS) is 1. The van der Waals surface area contributed by atoms with Gasteiger partial charge in [0.25, 0.3) is 5.91 Å². The molecule has 0 heterocycles. The fourth-order valence-electron chi connectivity index (χ4n) is 3.53. The number of benzene rings is 3. The second kappa shape index (κ2) is 10.3. The highest BCUT2D eigenvalue weighted by atomic mass is 16.4. The van der Waals surface area contributed by atoms with Crippen molar-refractivity contribution in [1.82, 2.24) is 0 Å². The molecule has 0 aliphatic rings. The van der Waals surface area contributed by atoms with Crippen LogP contribution in [-0.2, 0) is 9.59 Å². The van der Waals surface area contributed by atoms with Crippen LogP contribution in [-0.4, -0.2) is 39.5 Å². The van der Waals surface area contributed by atoms with E-state index in [9.17, 15) is 29.4 Å². The van der Waals surface area contributed by atoms with Gasteiger partial charge >= 0.3 is 5.97 Å². The molecule has 2 amide bonds. The molecule has 10 heteroatoms. The largest absolute Gasteiger partial charge is 0.507 e. The molecule has 3 aromatic rings. The summed E-state index contributed by atoms with van der Waals surface area (Å²) in [5, 5.41) is 42.3. The predicted octanol–water partition coefficient (Wildman–Crippen LogP) is 3.80. The van der Waals surface area contributed by atoms with Gasteiger partial charge in [-0.2, -0.15) is 5.26 Å². The van der Waals surface area contributed by atoms with Gasteiger partial charge in [0.05, 0.1) is 22.9 Å². The summed E-state index contributed by atoms with van der Waals surface area (Å²) >= 11 is 0. The van der Waals surface area contributed by atoms with Crippen molar-refractivity contribution in [3.05, 3.63) is 76.9 Å². The summed E-state index contributed by atoms with van der Waals surface area (Å²) in [4.78, 5) is 48.4. The van der Waals surface area contributed by atoms with Crippen LogP contribution in [0.2, 0.25) is 0 Å². The van der Waals surface area contributed by atoms with E-state index in [1.165, 1.54) is 32.0 Å². The van der Waals surface area contributed by atoms with Gasteiger partial charge in [0.15, 0.2) is 5.78 Å². The fourth-order valence-corrected chi connectivity index (χ4v) is 3.53. The zero-order valence-corrected chi connectivity index (χ0v) is 19.2. The van der Waals surface area contributed by atoms with E-state index in [0.29, 0.717) is 11.3 Å². The molecule has 36 heavy (non-hydrogen) atoms. The number of anilines is 2. The minimum Gasteiger partial charge on any atom is -0.507 e. The van der Waals surface area contributed by atoms with Crippen LogP contribution >= 0.6 is 0 Å². The van der Waals surface area contributed by atoms with Crippen molar-refractivity contribution in [3.63, 3.8) is 0 Å². The molecule has 0 saturated carbocycles. The Morgan fingerprint density at radius 3 is 2.17 bits per heavy atom. The van der Waals surface area contributed by atoms with Crippen molar-refractivity contribution >= 4 is 40.7 Å². The Morgan fingerprint density at radius 1 is 0.861 bits per heavy atom. The number of hydrogen-bond donors (Lipinski definition) is 5. The summed E-state index contributed by atoms with van der Waals surface area (Å²) < 4.78 is 0. The van der Waals surface area contributed by atoms with Crippen molar-refractivity contribution in [3.8, 4) is 22.9 Å². The smallest absolute Gasteiger partial charge is 0.337 e. The highest BCUT2D eigenvalue weighted by molar-refractivity contribution is 6.48. The van der Waals surface area contributed by atoms with Gasteiger partial charge in [-0.1, -0.05) is 18.2 Å². The van der Waals surface area contributed by atoms with Gasteiger partial charge in [-0.15, -0.1) is 0 Å². The minimum atomic E-state index is -1.39. The number of hydrogen-bond acceptors (Lipinski definition) is 7. The Kier molecular flexibility index (Phi) is 7.26. The van der Waals surface area contributed by atoms with Gasteiger partial charge in [-0.25, -0.2) is 4.79 Å². The maximum absolute atomic E-state index is 12.8. The molecule has 5 N–H and O–H groups in total. The molecular weight excluding hydrogens is 464 g/mol. The maximum Gasteiger partial charge on any atom is 0.337 e. The molecule has 180 valence electrons. The van der Waals surface area contributed by atoms with Gasteiger partial charge < -0.3 is 20.8 Å². The van der Waals surface area contributed by atoms with Gasteiger partial charge in [0.1, 0.15) is 11.5 Å². The molecule has 3 rings (SSSR count). The number of para-hydroxylation sites is 1. The first-order valence-electron chi connectivity index (χ1n) is 10.5. The molecule has 0 aliphatic carbocycles. The zero-order valence-electron chi connectivity index (χ0n) is 19.2. The summed E-state index contributed by atoms with van der Waals surface area (Å²) in [5.74, 6) is -3.69. The second-order valence-corrected chi connectivity index (χ2v) is 7.70. The molecule has 0 aromatic heterocycles. The predicted molar refractivity (Wildman–Crippen MR) is 131 cm³/mol. The number of ketones is 1. The molecular formula is C26H20N4O6. The first-order valence-corrected chi connectivity index (χ1v) is 10.5. The summed E-state index contributed by atoms with van der Waals surface area (Å²) in [7, 11) is 0. The quantitative estimate of drug-likeness (QED) is 0.250. The number of phenols is 1. The number of carboxylic acids is 1. The number of nitrogens with one attached hydrogen (secondary N) is 3. The van der Waals surface area contributed by atoms with E-state index in [2.05, 4.69) is 10.6 Å². The molecule has 0 saturated heterocycles. The van der Waals surface area contributed by atoms with Gasteiger partial charge in [0.2, 0.25) is 5.91 Å². The van der Waals surface area contributed by atoms with Crippen molar-refractivity contribution in [2.75, 3.05) is 10.6 Å². The molecule has 3 aromatic carbocycles. The number of phenolic OH excluding ortho intramolecular Hbond substituents is 1. The van der Waals surface area contributed by atoms with Crippen LogP contribution in [0.25, 0.3) is 11.1 Å². The van der Waals surface area contributed by atoms with E-state index in [4.69, 9.17) is 10.7 Å². The molecule has 0 spiro atoms. The van der Waals surface area contributed by atoms with E-state index in [1.54, 1.807) is 30.3 Å². The van der Waals surface area contributed by atoms with Crippen molar-refractivity contribution in [2.24, 2.45) is 0 Å². The Balaban J connectivity index is 2.08. The van der Waals surface area contributed by atoms with E-state index in [0.717, 1.165) is 12.1 Å². The number of aromatic hydroxyl groups is 1. The molecule has 0 aliphatic heterocycles. The van der Waals surface area contributed by atoms with Crippen LogP contribution in [0.3, 0.4) is 0 Å². The summed E-state index contributed by atoms with van der Waals surface area (Å²) in [6.45, 7) is 2.61. The van der Waals surface area contributed by atoms with Gasteiger partial charge in [-0.05, 0) is 48.9 Å². The Labute approximate surface area is 205 Å². The number of carbonyl (C=O) groups excluding carboxylic acids is 3. The van der Waals surface area contributed by atoms with Crippen LogP contribution in [0, 0.1) is 16.7 Å². The van der Waals surface area contributed by atoms with Crippen LogP contribution in [0.1, 0.15) is 45.7 Å². The van der Waals surface area contributed by atoms with Gasteiger partial charge in [0, 0.05) is 29.3 Å². The monoisotopic (exact) mass is 484 g/mol. The number of carbonyl (C=O) groups is 4. The topological polar surface area (TPSA) is 180 Å². The first kappa shape index (κ1) is 25.3. The normalized spacial score (nSPS) is 10.1. The summed E-state index contributed by atoms with van der Waals surface area (Å²) in [6, 6.07) is 14.4. The molecule has 10 nitrogen and oxygen atoms in total. The Morgan fingerprint density at radius 2 is 1.56 bits per heavy atom. The van der Waals surface area contributed by atoms with E-state index in [1.807, 2.05) is 0 Å². The lowest BCUT2D eigenvalue weighted by Gasteiger charge is -2.16. The molecule has 0 fully saturated rings. The van der Waals surface area contributed by atoms with Crippen LogP contribution < -0.4 is 10.6 Å². The number of nitrogens with zero attached hydrogens (tertiary/aromatic N) is 1. The number of nitriles is 1. The highest BCUT2D eigenvalue weighted by Crippen LogP contribution is 2.35. The first-order chi connectivity index (χ1) is 17.0. The number of aromatic carboxylic acids is 1. The van der Waals surface area contributed by atoms with Crippen LogP contribution in [0.15, 0.2) is 54.6 Å². The molecule has 0 radical (unpaired) electrons. The zero-order chi connectivity index (χ0) is 26.6. The average molecular weight is 484 g/mol. The SMILES string of the molecule is CC(=O)Nc1ccccc1-c1cc(C(=N)C(=O)Nc2ccc(C#N)cc2C(=O)O)c(O)cc1C(C)=O. The third-order valence-corrected chi connectivity index (χ3v) is 5.17. The lowest BCUT2D eigenvalue weighted by atomic mass is 9.92. The Bertz CT molecular complexity index is 1490. The van der Waals surface area contributed by atoms with Crippen LogP contribution in [0.4, 0.5) is 11.4 Å². The van der Waals surface area contributed by atoms with Crippen molar-refractivity contribution in [1.29, 1.82) is 10.7 Å². The maximum atomic E-state index is 12.8. The summed E-state index contributed by atoms with van der Waals surface area (Å²) in [6.07, 6.45) is 0. The lowest BCUT2D eigenvalue weighted by Crippen LogP contribution is -2.24. The Hall–Kier alpha value is -5.30. The lowest BCUT2D eigenvalue weighted by molar-refractivity contribution is -0.114. The fraction of sp³-hybridized carbons (Fsp3) is 0.0769. The van der Waals surface area contributed by atoms with Crippen LogP contribution in [0.5, 0.6) is 5.75 Å². The highest BCUT2D eigenvalue weighted by Gasteiger charge is 2.23. The molecule has 0 unspecified atom stereocenters. The van der Waals surface area contributed by atoms with E-state index < -0.39 is 29.1 Å². The van der Waals surface area contributed by atoms with Crippen molar-refractivity contribution < 1.29 is 29.4 Å². The summed E-state index contributed by atoms with van der Waals surface area (Å²) in [5.41, 5.74) is -0.193. The molecule has 0 atom stereocenters. The second-order valence-electron chi connectivity index (χ2n) is 7.70. The third kappa shape index (κ3) is 5.26. The standard InChI is InChI=1S/C26H20N4O6/c1-13(31)17-11-23(33)20(10-18(17)16-5-3-4-6-21(16)29-14(2)32)24(28)25(34)30-22-8-7-15(12-27)9-19(22)26(35)36/h3-11,28,33H,1-2H3,(H,29,32)(H,30,34)(H,35,36). The van der Waals surface area contributed by atoms with Crippen molar-refractivity contribution in [2.45, 2.75) is 13.8 Å². The van der Waals surface area contributed by atoms with Gasteiger partial charge in [-0.3, -0.25) is 19.8 Å². The van der Waals surface area contributed by atoms with E-state index >= 15 is 0 Å². The average Bonchev–Trinajstić information content (AvgIpc) is 2.83.